The van der Waals surface area contributed by atoms with E-state index in [-0.39, 0.29) is 24.0 Å². The van der Waals surface area contributed by atoms with E-state index in [1.165, 1.54) is 38.8 Å². The first-order valence-electron chi connectivity index (χ1n) is 10.9. The van der Waals surface area contributed by atoms with Gasteiger partial charge in [-0.1, -0.05) is 12.8 Å². The highest BCUT2D eigenvalue weighted by atomic mass is 127. The Morgan fingerprint density at radius 3 is 2.30 bits per heavy atom. The minimum atomic E-state index is 0. The quantitative estimate of drug-likeness (QED) is 0.321. The maximum atomic E-state index is 5.41. The van der Waals surface area contributed by atoms with Crippen molar-refractivity contribution in [2.75, 3.05) is 65.4 Å². The average Bonchev–Trinajstić information content (AvgIpc) is 3.07. The first-order valence-corrected chi connectivity index (χ1v) is 10.9. The summed E-state index contributed by atoms with van der Waals surface area (Å²) in [6, 6.07) is 6.42. The molecule has 2 fully saturated rings. The lowest BCUT2D eigenvalue weighted by atomic mass is 10.2. The molecule has 2 aliphatic heterocycles. The number of nitrogens with zero attached hydrogens (tertiary/aromatic N) is 3. The summed E-state index contributed by atoms with van der Waals surface area (Å²) < 4.78 is 10.8. The van der Waals surface area contributed by atoms with Gasteiger partial charge >= 0.3 is 0 Å². The molecule has 0 amide bonds. The molecule has 0 radical (unpaired) electrons. The minimum Gasteiger partial charge on any atom is -0.497 e. The van der Waals surface area contributed by atoms with Crippen LogP contribution in [0.2, 0.25) is 0 Å². The summed E-state index contributed by atoms with van der Waals surface area (Å²) in [4.78, 5) is 9.36. The van der Waals surface area contributed by atoms with Crippen LogP contribution >= 0.6 is 24.0 Å². The highest BCUT2D eigenvalue weighted by Gasteiger charge is 2.24. The Balaban J connectivity index is 0.00000320. The lowest BCUT2D eigenvalue weighted by Crippen LogP contribution is -2.46. The van der Waals surface area contributed by atoms with Gasteiger partial charge in [-0.2, -0.15) is 0 Å². The lowest BCUT2D eigenvalue weighted by Gasteiger charge is -2.23. The number of nitrogens with one attached hydrogen (secondary N) is 2. The summed E-state index contributed by atoms with van der Waals surface area (Å²) in [5.74, 6) is 2.54. The van der Waals surface area contributed by atoms with Crippen LogP contribution in [0.15, 0.2) is 23.2 Å². The van der Waals surface area contributed by atoms with E-state index >= 15 is 0 Å². The molecule has 0 spiro atoms. The smallest absolute Gasteiger partial charge is 0.191 e. The Bertz CT molecular complexity index is 643. The number of ether oxygens (including phenoxy) is 2. The second kappa shape index (κ2) is 13.1. The molecule has 8 heteroatoms. The normalized spacial score (nSPS) is 20.3. The van der Waals surface area contributed by atoms with Crippen molar-refractivity contribution in [3.63, 3.8) is 0 Å². The average molecular weight is 531 g/mol. The van der Waals surface area contributed by atoms with Gasteiger partial charge in [0.05, 0.1) is 14.2 Å². The Morgan fingerprint density at radius 2 is 1.70 bits per heavy atom. The van der Waals surface area contributed by atoms with Gasteiger partial charge in [-0.3, -0.25) is 4.99 Å². The second-order valence-corrected chi connectivity index (χ2v) is 7.90. The Kier molecular flexibility index (Phi) is 10.8. The minimum absolute atomic E-state index is 0. The van der Waals surface area contributed by atoms with Crippen molar-refractivity contribution in [1.82, 2.24) is 15.5 Å². The SMILES string of the molecule is CN=C(NCCN1CCCCCC1)NC1CCN(c2cc(OC)cc(OC)c2)C1.I. The number of guanidine groups is 1. The zero-order valence-electron chi connectivity index (χ0n) is 18.7. The van der Waals surface area contributed by atoms with Gasteiger partial charge in [-0.15, -0.1) is 24.0 Å². The third-order valence-electron chi connectivity index (χ3n) is 5.87. The van der Waals surface area contributed by atoms with Gasteiger partial charge in [0.15, 0.2) is 5.96 Å². The number of rotatable bonds is 7. The van der Waals surface area contributed by atoms with Crippen LogP contribution in [-0.2, 0) is 0 Å². The molecule has 2 saturated heterocycles. The maximum Gasteiger partial charge on any atom is 0.191 e. The highest BCUT2D eigenvalue weighted by molar-refractivity contribution is 14.0. The maximum absolute atomic E-state index is 5.41. The summed E-state index contributed by atoms with van der Waals surface area (Å²) in [6.07, 6.45) is 6.50. The molecule has 2 N–H and O–H groups in total. The van der Waals surface area contributed by atoms with Gasteiger partial charge in [0.2, 0.25) is 0 Å². The number of likely N-dealkylation sites (tertiary alicyclic amines) is 1. The molecule has 2 aliphatic rings. The Labute approximate surface area is 198 Å². The van der Waals surface area contributed by atoms with E-state index in [1.807, 2.05) is 13.1 Å². The fraction of sp³-hybridized carbons (Fsp3) is 0.682. The van der Waals surface area contributed by atoms with Crippen LogP contribution in [0.1, 0.15) is 32.1 Å². The monoisotopic (exact) mass is 531 g/mol. The summed E-state index contributed by atoms with van der Waals surface area (Å²) in [6.45, 7) is 6.41. The van der Waals surface area contributed by atoms with E-state index in [1.54, 1.807) is 14.2 Å². The molecule has 0 aliphatic carbocycles. The molecule has 1 aromatic rings. The van der Waals surface area contributed by atoms with Crippen molar-refractivity contribution in [3.8, 4) is 11.5 Å². The van der Waals surface area contributed by atoms with Crippen molar-refractivity contribution in [2.45, 2.75) is 38.1 Å². The fourth-order valence-corrected chi connectivity index (χ4v) is 4.17. The third kappa shape index (κ3) is 7.37. The van der Waals surface area contributed by atoms with Crippen LogP contribution in [0.3, 0.4) is 0 Å². The molecular weight excluding hydrogens is 493 g/mol. The molecule has 170 valence electrons. The largest absolute Gasteiger partial charge is 0.497 e. The molecule has 0 aromatic heterocycles. The molecule has 3 rings (SSSR count). The number of hydrogen-bond acceptors (Lipinski definition) is 5. The molecule has 7 nitrogen and oxygen atoms in total. The topological polar surface area (TPSA) is 61.4 Å². The summed E-state index contributed by atoms with van der Waals surface area (Å²) >= 11 is 0. The predicted octanol–water partition coefficient (Wildman–Crippen LogP) is 2.94. The number of benzene rings is 1. The van der Waals surface area contributed by atoms with E-state index in [4.69, 9.17) is 9.47 Å². The standard InChI is InChI=1S/C22H37N5O2.HI/c1-23-22(24-9-13-26-10-6-4-5-7-11-26)25-18-8-12-27(17-18)19-14-20(28-2)16-21(15-19)29-3;/h14-16,18H,4-13,17H2,1-3H3,(H2,23,24,25);1H. The summed E-state index contributed by atoms with van der Waals surface area (Å²) in [7, 11) is 5.23. The number of aliphatic imine (C=N–C) groups is 1. The molecular formula is C22H38IN5O2. The molecule has 1 atom stereocenters. The molecule has 0 bridgehead atoms. The van der Waals surface area contributed by atoms with Gasteiger partial charge in [0, 0.05) is 63.2 Å². The van der Waals surface area contributed by atoms with Gasteiger partial charge in [-0.25, -0.2) is 0 Å². The van der Waals surface area contributed by atoms with Gasteiger partial charge in [0.25, 0.3) is 0 Å². The summed E-state index contributed by atoms with van der Waals surface area (Å²) in [5, 5.41) is 7.08. The molecule has 30 heavy (non-hydrogen) atoms. The van der Waals surface area contributed by atoms with E-state index in [0.29, 0.717) is 6.04 Å². The zero-order valence-corrected chi connectivity index (χ0v) is 21.0. The molecule has 1 unspecified atom stereocenters. The van der Waals surface area contributed by atoms with Crippen molar-refractivity contribution >= 4 is 35.6 Å². The van der Waals surface area contributed by atoms with Crippen molar-refractivity contribution in [3.05, 3.63) is 18.2 Å². The third-order valence-corrected chi connectivity index (χ3v) is 5.87. The first kappa shape index (κ1) is 24.8. The van der Waals surface area contributed by atoms with E-state index < -0.39 is 0 Å². The number of halogens is 1. The van der Waals surface area contributed by atoms with Crippen LogP contribution in [0.4, 0.5) is 5.69 Å². The highest BCUT2D eigenvalue weighted by Crippen LogP contribution is 2.30. The van der Waals surface area contributed by atoms with Crippen LogP contribution in [0.25, 0.3) is 0 Å². The molecule has 2 heterocycles. The van der Waals surface area contributed by atoms with E-state index in [9.17, 15) is 0 Å². The van der Waals surface area contributed by atoms with Crippen LogP contribution in [0.5, 0.6) is 11.5 Å². The zero-order chi connectivity index (χ0) is 20.5. The predicted molar refractivity (Wildman–Crippen MR) is 135 cm³/mol. The molecule has 0 saturated carbocycles. The number of methoxy groups -OCH3 is 2. The van der Waals surface area contributed by atoms with Crippen molar-refractivity contribution < 1.29 is 9.47 Å². The van der Waals surface area contributed by atoms with E-state index in [0.717, 1.165) is 55.7 Å². The van der Waals surface area contributed by atoms with Crippen molar-refractivity contribution in [1.29, 1.82) is 0 Å². The van der Waals surface area contributed by atoms with Gasteiger partial charge < -0.3 is 29.9 Å². The Hall–Kier alpha value is -1.42. The lowest BCUT2D eigenvalue weighted by molar-refractivity contribution is 0.289. The second-order valence-electron chi connectivity index (χ2n) is 7.90. The van der Waals surface area contributed by atoms with Crippen LogP contribution in [0, 0.1) is 0 Å². The van der Waals surface area contributed by atoms with Gasteiger partial charge in [-0.05, 0) is 32.4 Å². The van der Waals surface area contributed by atoms with E-state index in [2.05, 4.69) is 37.6 Å². The van der Waals surface area contributed by atoms with Gasteiger partial charge in [0.1, 0.15) is 11.5 Å². The summed E-state index contributed by atoms with van der Waals surface area (Å²) in [5.41, 5.74) is 1.13. The number of anilines is 1. The van der Waals surface area contributed by atoms with Crippen LogP contribution < -0.4 is 25.0 Å². The Morgan fingerprint density at radius 1 is 1.03 bits per heavy atom. The van der Waals surface area contributed by atoms with Crippen LogP contribution in [-0.4, -0.2) is 77.4 Å². The number of hydrogen-bond donors (Lipinski definition) is 2. The first-order chi connectivity index (χ1) is 14.2. The fourth-order valence-electron chi connectivity index (χ4n) is 4.17. The molecule has 1 aromatic carbocycles. The van der Waals surface area contributed by atoms with Crippen molar-refractivity contribution in [2.24, 2.45) is 4.99 Å².